The normalized spacial score (nSPS) is 13.7. The molecule has 1 unspecified atom stereocenters. The summed E-state index contributed by atoms with van der Waals surface area (Å²) in [6, 6.07) is 8.23. The molecule has 0 aliphatic heterocycles. The number of pyridine rings is 1. The van der Waals surface area contributed by atoms with Gasteiger partial charge < -0.3 is 24.8 Å². The molecule has 1 aromatic carbocycles. The number of aromatic nitrogens is 3. The molecular formula is C23H20F6N4O5. The van der Waals surface area contributed by atoms with Crippen LogP contribution >= 0.6 is 0 Å². The highest BCUT2D eigenvalue weighted by Crippen LogP contribution is 2.47. The number of carbonyl (C=O) groups is 2. The van der Waals surface area contributed by atoms with E-state index in [2.05, 4.69) is 15.2 Å². The molecule has 0 fully saturated rings. The van der Waals surface area contributed by atoms with Crippen molar-refractivity contribution in [1.82, 2.24) is 15.2 Å². The number of carboxylic acid groups (broad SMARTS) is 1. The van der Waals surface area contributed by atoms with Crippen molar-refractivity contribution >= 4 is 17.9 Å². The van der Waals surface area contributed by atoms with Gasteiger partial charge in [0.05, 0.1) is 30.0 Å². The van der Waals surface area contributed by atoms with Crippen LogP contribution in [0.25, 0.3) is 11.6 Å². The number of hydrogen-bond donors (Lipinski definition) is 2. The number of nitrogen functional groups attached to an aromatic ring is 1. The molecular weight excluding hydrogens is 526 g/mol. The minimum Gasteiger partial charge on any atom is -0.481 e. The third-order valence-corrected chi connectivity index (χ3v) is 5.36. The summed E-state index contributed by atoms with van der Waals surface area (Å²) in [4.78, 5) is 25.4. The first-order valence-electron chi connectivity index (χ1n) is 10.9. The molecule has 0 aliphatic carbocycles. The summed E-state index contributed by atoms with van der Waals surface area (Å²) in [5.74, 6) is -3.53. The first-order valence-corrected chi connectivity index (χ1v) is 10.9. The van der Waals surface area contributed by atoms with Crippen molar-refractivity contribution in [1.29, 1.82) is 0 Å². The maximum atomic E-state index is 14.5. The fraction of sp³-hybridized carbons (Fsp3) is 0.348. The number of nitrogens with two attached hydrogens (primary N) is 1. The average Bonchev–Trinajstić information content (AvgIpc) is 3.31. The van der Waals surface area contributed by atoms with E-state index in [1.54, 1.807) is 18.2 Å². The number of carbonyl (C=O) groups excluding carboxylic acids is 1. The van der Waals surface area contributed by atoms with Gasteiger partial charge in [-0.05, 0) is 24.5 Å². The fourth-order valence-electron chi connectivity index (χ4n) is 3.54. The standard InChI is InChI=1S/C23H20F6N4O5/c24-22(25,26)14-10-15(30)18(31-16(14)11-17(35)36)19-32-33-20(38-19)21(23(27,28)29,8-4-5-9-34)37-12-13-6-2-1-3-7-13/h1-3,6-7,9-10H,4-5,8,11-12,30H2,(H,35,36). The first-order chi connectivity index (χ1) is 17.8. The van der Waals surface area contributed by atoms with Crippen LogP contribution in [0, 0.1) is 0 Å². The van der Waals surface area contributed by atoms with E-state index in [-0.39, 0.29) is 12.8 Å². The van der Waals surface area contributed by atoms with Gasteiger partial charge >= 0.3 is 18.3 Å². The summed E-state index contributed by atoms with van der Waals surface area (Å²) in [7, 11) is 0. The second-order valence-corrected chi connectivity index (χ2v) is 8.06. The molecule has 2 heterocycles. The molecule has 3 aromatic rings. The van der Waals surface area contributed by atoms with Crippen molar-refractivity contribution in [2.24, 2.45) is 0 Å². The maximum Gasteiger partial charge on any atom is 0.426 e. The Labute approximate surface area is 210 Å². The van der Waals surface area contributed by atoms with Gasteiger partial charge in [-0.15, -0.1) is 10.2 Å². The number of rotatable bonds is 11. The topological polar surface area (TPSA) is 141 Å². The monoisotopic (exact) mass is 546 g/mol. The number of carboxylic acids is 1. The minimum atomic E-state index is -5.14. The first kappa shape index (κ1) is 28.6. The van der Waals surface area contributed by atoms with E-state index < -0.39 is 77.8 Å². The van der Waals surface area contributed by atoms with Gasteiger partial charge in [-0.3, -0.25) is 4.79 Å². The van der Waals surface area contributed by atoms with Crippen LogP contribution in [0.4, 0.5) is 32.0 Å². The zero-order chi connectivity index (χ0) is 28.1. The van der Waals surface area contributed by atoms with Crippen LogP contribution in [-0.4, -0.2) is 38.7 Å². The molecule has 0 bridgehead atoms. The SMILES string of the molecule is Nc1cc(C(F)(F)F)c(CC(=O)O)nc1-c1nnc(C(CCCC=O)(OCc2ccccc2)C(F)(F)F)o1. The molecule has 9 nitrogen and oxygen atoms in total. The zero-order valence-corrected chi connectivity index (χ0v) is 19.3. The summed E-state index contributed by atoms with van der Waals surface area (Å²) < 4.78 is 94.2. The second kappa shape index (κ2) is 11.2. The second-order valence-electron chi connectivity index (χ2n) is 8.06. The average molecular weight is 546 g/mol. The smallest absolute Gasteiger partial charge is 0.426 e. The van der Waals surface area contributed by atoms with E-state index in [9.17, 15) is 35.9 Å². The number of aldehydes is 1. The highest BCUT2D eigenvalue weighted by Gasteiger charge is 2.61. The van der Waals surface area contributed by atoms with Crippen molar-refractivity contribution in [3.05, 3.63) is 59.1 Å². The van der Waals surface area contributed by atoms with Gasteiger partial charge in [0.15, 0.2) is 5.69 Å². The third-order valence-electron chi connectivity index (χ3n) is 5.36. The quantitative estimate of drug-likeness (QED) is 0.199. The lowest BCUT2D eigenvalue weighted by molar-refractivity contribution is -0.299. The number of unbranched alkanes of at least 4 members (excludes halogenated alkanes) is 1. The number of alkyl halides is 6. The molecule has 0 saturated heterocycles. The van der Waals surface area contributed by atoms with Crippen LogP contribution in [0.1, 0.15) is 42.0 Å². The van der Waals surface area contributed by atoms with E-state index >= 15 is 0 Å². The summed E-state index contributed by atoms with van der Waals surface area (Å²) in [5, 5.41) is 15.9. The molecule has 15 heteroatoms. The Hall–Kier alpha value is -4.01. The largest absolute Gasteiger partial charge is 0.481 e. The summed E-state index contributed by atoms with van der Waals surface area (Å²) >= 11 is 0. The third kappa shape index (κ3) is 6.27. The van der Waals surface area contributed by atoms with Crippen LogP contribution in [-0.2, 0) is 39.1 Å². The molecule has 0 aliphatic rings. The predicted octanol–water partition coefficient (Wildman–Crippen LogP) is 4.70. The van der Waals surface area contributed by atoms with Gasteiger partial charge in [-0.1, -0.05) is 30.3 Å². The summed E-state index contributed by atoms with van der Waals surface area (Å²) in [6.45, 7) is -0.539. The molecule has 0 radical (unpaired) electrons. The van der Waals surface area contributed by atoms with Gasteiger partial charge in [0.25, 0.3) is 11.8 Å². The van der Waals surface area contributed by atoms with Gasteiger partial charge in [0, 0.05) is 6.42 Å². The van der Waals surface area contributed by atoms with Crippen LogP contribution in [0.15, 0.2) is 40.8 Å². The molecule has 204 valence electrons. The minimum absolute atomic E-state index is 0.237. The number of nitrogens with zero attached hydrogens (tertiary/aromatic N) is 3. The van der Waals surface area contributed by atoms with Crippen molar-refractivity contribution in [2.75, 3.05) is 5.73 Å². The number of benzene rings is 1. The number of anilines is 1. The van der Waals surface area contributed by atoms with Gasteiger partial charge in [-0.2, -0.15) is 26.3 Å². The Bertz CT molecular complexity index is 1280. The molecule has 0 spiro atoms. The number of hydrogen-bond acceptors (Lipinski definition) is 8. The van der Waals surface area contributed by atoms with E-state index in [4.69, 9.17) is 20.0 Å². The molecule has 3 N–H and O–H groups in total. The zero-order valence-electron chi connectivity index (χ0n) is 19.3. The molecule has 38 heavy (non-hydrogen) atoms. The summed E-state index contributed by atoms with van der Waals surface area (Å²) in [6.07, 6.45) is -12.2. The molecule has 0 amide bonds. The molecule has 3 rings (SSSR count). The van der Waals surface area contributed by atoms with Crippen molar-refractivity contribution in [2.45, 2.75) is 50.2 Å². The van der Waals surface area contributed by atoms with Gasteiger partial charge in [-0.25, -0.2) is 4.98 Å². The van der Waals surface area contributed by atoms with Crippen LogP contribution < -0.4 is 5.73 Å². The lowest BCUT2D eigenvalue weighted by Crippen LogP contribution is -2.45. The fourth-order valence-corrected chi connectivity index (χ4v) is 3.54. The Morgan fingerprint density at radius 3 is 2.37 bits per heavy atom. The van der Waals surface area contributed by atoms with Crippen LogP contribution in [0.2, 0.25) is 0 Å². The van der Waals surface area contributed by atoms with Crippen molar-refractivity contribution in [3.8, 4) is 11.6 Å². The molecule has 1 atom stereocenters. The van der Waals surface area contributed by atoms with E-state index in [0.717, 1.165) is 0 Å². The highest BCUT2D eigenvalue weighted by atomic mass is 19.4. The lowest BCUT2D eigenvalue weighted by atomic mass is 9.95. The van der Waals surface area contributed by atoms with Gasteiger partial charge in [0.2, 0.25) is 5.60 Å². The molecule has 0 saturated carbocycles. The Morgan fingerprint density at radius 1 is 1.11 bits per heavy atom. The van der Waals surface area contributed by atoms with Crippen molar-refractivity contribution in [3.63, 3.8) is 0 Å². The highest BCUT2D eigenvalue weighted by molar-refractivity contribution is 5.73. The number of aliphatic carboxylic acids is 1. The summed E-state index contributed by atoms with van der Waals surface area (Å²) in [5.41, 5.74) is -0.882. The lowest BCUT2D eigenvalue weighted by Gasteiger charge is -2.32. The maximum absolute atomic E-state index is 14.5. The predicted molar refractivity (Wildman–Crippen MR) is 117 cm³/mol. The Kier molecular flexibility index (Phi) is 8.39. The van der Waals surface area contributed by atoms with Crippen LogP contribution in [0.3, 0.4) is 0 Å². The number of ether oxygens (including phenoxy) is 1. The van der Waals surface area contributed by atoms with Gasteiger partial charge in [0.1, 0.15) is 6.29 Å². The van der Waals surface area contributed by atoms with E-state index in [1.807, 2.05) is 0 Å². The van der Waals surface area contributed by atoms with E-state index in [1.165, 1.54) is 12.1 Å². The Morgan fingerprint density at radius 2 is 1.79 bits per heavy atom. The van der Waals surface area contributed by atoms with E-state index in [0.29, 0.717) is 17.9 Å². The Balaban J connectivity index is 2.10. The molecule has 2 aromatic heterocycles. The van der Waals surface area contributed by atoms with Crippen molar-refractivity contribution < 1.29 is 50.2 Å². The van der Waals surface area contributed by atoms with Crippen LogP contribution in [0.5, 0.6) is 0 Å². The number of halogens is 6.